The largest absolute Gasteiger partial charge is 0.331 e. The van der Waals surface area contributed by atoms with Crippen molar-refractivity contribution in [3.05, 3.63) is 72.3 Å². The van der Waals surface area contributed by atoms with Crippen molar-refractivity contribution in [3.63, 3.8) is 0 Å². The van der Waals surface area contributed by atoms with Crippen LogP contribution in [0.25, 0.3) is 0 Å². The molecule has 2 rings (SSSR count). The maximum Gasteiger partial charge on any atom is 0.223 e. The highest BCUT2D eigenvalue weighted by atomic mass is 16.2. The number of hydrogen-bond donors (Lipinski definition) is 0. The number of amides is 1. The van der Waals surface area contributed by atoms with Gasteiger partial charge in [0.15, 0.2) is 0 Å². The first-order valence-electron chi connectivity index (χ1n) is 13.5. The van der Waals surface area contributed by atoms with Crippen LogP contribution in [0, 0.1) is 0 Å². The lowest BCUT2D eigenvalue weighted by Crippen LogP contribution is -2.30. The number of allylic oxidation sites excluding steroid dienone is 2. The average molecular weight is 464 g/mol. The Labute approximate surface area is 207 Å². The first-order valence-corrected chi connectivity index (χ1v) is 13.5. The number of carbonyl (C=O) groups is 1. The topological polar surface area (TPSA) is 46.1 Å². The van der Waals surface area contributed by atoms with Gasteiger partial charge in [0.25, 0.3) is 0 Å². The van der Waals surface area contributed by atoms with Gasteiger partial charge in [-0.3, -0.25) is 14.8 Å². The molecule has 0 saturated carbocycles. The summed E-state index contributed by atoms with van der Waals surface area (Å²) in [6.45, 7) is 3.33. The second-order valence-corrected chi connectivity index (χ2v) is 9.23. The SMILES string of the molecule is CCCCCCCCC=CCCCCCCCC(=O)N(Cc1ccccn1)Cc1ccccn1. The van der Waals surface area contributed by atoms with Gasteiger partial charge < -0.3 is 4.90 Å². The van der Waals surface area contributed by atoms with Crippen LogP contribution in [0.3, 0.4) is 0 Å². The van der Waals surface area contributed by atoms with Gasteiger partial charge in [-0.2, -0.15) is 0 Å². The van der Waals surface area contributed by atoms with E-state index < -0.39 is 0 Å². The highest BCUT2D eigenvalue weighted by molar-refractivity contribution is 5.76. The number of nitrogens with zero attached hydrogens (tertiary/aromatic N) is 3. The molecule has 0 aromatic carbocycles. The van der Waals surface area contributed by atoms with Crippen molar-refractivity contribution in [1.29, 1.82) is 0 Å². The van der Waals surface area contributed by atoms with E-state index >= 15 is 0 Å². The Morgan fingerprint density at radius 2 is 1.21 bits per heavy atom. The molecule has 0 aliphatic heterocycles. The summed E-state index contributed by atoms with van der Waals surface area (Å²) in [6, 6.07) is 11.7. The van der Waals surface area contributed by atoms with Gasteiger partial charge in [0.05, 0.1) is 24.5 Å². The molecule has 4 nitrogen and oxygen atoms in total. The molecule has 0 saturated heterocycles. The van der Waals surface area contributed by atoms with E-state index in [4.69, 9.17) is 0 Å². The van der Waals surface area contributed by atoms with Crippen LogP contribution in [0.1, 0.15) is 108 Å². The van der Waals surface area contributed by atoms with E-state index in [0.717, 1.165) is 24.2 Å². The predicted octanol–water partition coefficient (Wildman–Crippen LogP) is 8.04. The fourth-order valence-corrected chi connectivity index (χ4v) is 4.11. The summed E-state index contributed by atoms with van der Waals surface area (Å²) in [4.78, 5) is 23.6. The lowest BCUT2D eigenvalue weighted by Gasteiger charge is -2.22. The van der Waals surface area contributed by atoms with E-state index in [9.17, 15) is 4.79 Å². The van der Waals surface area contributed by atoms with Gasteiger partial charge in [-0.15, -0.1) is 0 Å². The maximum absolute atomic E-state index is 12.9. The number of pyridine rings is 2. The van der Waals surface area contributed by atoms with E-state index in [1.807, 2.05) is 41.3 Å². The molecule has 34 heavy (non-hydrogen) atoms. The Balaban J connectivity index is 1.57. The van der Waals surface area contributed by atoms with E-state index in [1.54, 1.807) is 12.4 Å². The van der Waals surface area contributed by atoms with Gasteiger partial charge in [0.1, 0.15) is 0 Å². The normalized spacial score (nSPS) is 11.2. The third kappa shape index (κ3) is 13.3. The van der Waals surface area contributed by atoms with E-state index in [-0.39, 0.29) is 5.91 Å². The van der Waals surface area contributed by atoms with Crippen LogP contribution in [-0.2, 0) is 17.9 Å². The van der Waals surface area contributed by atoms with E-state index in [0.29, 0.717) is 19.5 Å². The third-order valence-corrected chi connectivity index (χ3v) is 6.16. The molecule has 186 valence electrons. The fourth-order valence-electron chi connectivity index (χ4n) is 4.11. The molecular formula is C30H45N3O. The number of rotatable bonds is 19. The van der Waals surface area contributed by atoms with Crippen molar-refractivity contribution in [2.24, 2.45) is 0 Å². The molecule has 2 aromatic rings. The van der Waals surface area contributed by atoms with E-state index in [1.165, 1.54) is 70.6 Å². The molecule has 1 amide bonds. The molecule has 0 spiro atoms. The summed E-state index contributed by atoms with van der Waals surface area (Å²) in [5.74, 6) is 0.189. The lowest BCUT2D eigenvalue weighted by molar-refractivity contribution is -0.132. The zero-order chi connectivity index (χ0) is 24.1. The molecule has 2 aromatic heterocycles. The van der Waals surface area contributed by atoms with Crippen LogP contribution in [0.2, 0.25) is 0 Å². The maximum atomic E-state index is 12.9. The first-order chi connectivity index (χ1) is 16.8. The van der Waals surface area contributed by atoms with Gasteiger partial charge in [0.2, 0.25) is 5.91 Å². The predicted molar refractivity (Wildman–Crippen MR) is 142 cm³/mol. The number of hydrogen-bond acceptors (Lipinski definition) is 3. The zero-order valence-electron chi connectivity index (χ0n) is 21.3. The molecule has 4 heteroatoms. The highest BCUT2D eigenvalue weighted by Gasteiger charge is 2.15. The minimum absolute atomic E-state index is 0.189. The van der Waals surface area contributed by atoms with Crippen molar-refractivity contribution in [1.82, 2.24) is 14.9 Å². The average Bonchev–Trinajstić information content (AvgIpc) is 2.87. The van der Waals surface area contributed by atoms with Crippen LogP contribution >= 0.6 is 0 Å². The minimum Gasteiger partial charge on any atom is -0.331 e. The quantitative estimate of drug-likeness (QED) is 0.156. The molecule has 0 aliphatic carbocycles. The van der Waals surface area contributed by atoms with Crippen molar-refractivity contribution < 1.29 is 4.79 Å². The number of unbranched alkanes of at least 4 members (excludes halogenated alkanes) is 11. The fraction of sp³-hybridized carbons (Fsp3) is 0.567. The van der Waals surface area contributed by atoms with Crippen molar-refractivity contribution in [2.45, 2.75) is 110 Å². The van der Waals surface area contributed by atoms with Crippen molar-refractivity contribution in [2.75, 3.05) is 0 Å². The molecule has 0 radical (unpaired) electrons. The second-order valence-electron chi connectivity index (χ2n) is 9.23. The Morgan fingerprint density at radius 3 is 1.71 bits per heavy atom. The summed E-state index contributed by atoms with van der Waals surface area (Å²) in [7, 11) is 0. The lowest BCUT2D eigenvalue weighted by atomic mass is 10.1. The zero-order valence-corrected chi connectivity index (χ0v) is 21.3. The Morgan fingerprint density at radius 1 is 0.706 bits per heavy atom. The molecule has 0 atom stereocenters. The minimum atomic E-state index is 0.189. The Kier molecular flexibility index (Phi) is 15.4. The smallest absolute Gasteiger partial charge is 0.223 e. The summed E-state index contributed by atoms with van der Waals surface area (Å²) < 4.78 is 0. The second kappa shape index (κ2) is 18.9. The molecule has 0 N–H and O–H groups in total. The number of carbonyl (C=O) groups excluding carboxylic acids is 1. The Bertz CT molecular complexity index is 735. The Hall–Kier alpha value is -2.49. The summed E-state index contributed by atoms with van der Waals surface area (Å²) in [5, 5.41) is 0. The molecule has 0 aliphatic rings. The molecule has 2 heterocycles. The van der Waals surface area contributed by atoms with Crippen molar-refractivity contribution in [3.8, 4) is 0 Å². The first kappa shape index (κ1) is 27.8. The summed E-state index contributed by atoms with van der Waals surface area (Å²) >= 11 is 0. The monoisotopic (exact) mass is 463 g/mol. The standard InChI is InChI=1S/C30H45N3O/c1-2-3-4-5-6-7-8-9-10-11-12-13-14-15-16-23-30(34)33(26-28-21-17-19-24-31-28)27-29-22-18-20-25-32-29/h9-10,17-22,24-25H,2-8,11-16,23,26-27H2,1H3. The van der Waals surface area contributed by atoms with Crippen LogP contribution < -0.4 is 0 Å². The summed E-state index contributed by atoms with van der Waals surface area (Å²) in [6.07, 6.45) is 25.3. The van der Waals surface area contributed by atoms with Gasteiger partial charge >= 0.3 is 0 Å². The van der Waals surface area contributed by atoms with Crippen molar-refractivity contribution >= 4 is 5.91 Å². The van der Waals surface area contributed by atoms with Crippen LogP contribution in [0.15, 0.2) is 60.9 Å². The molecule has 0 fully saturated rings. The summed E-state index contributed by atoms with van der Waals surface area (Å²) in [5.41, 5.74) is 1.83. The van der Waals surface area contributed by atoms with Crippen LogP contribution in [0.5, 0.6) is 0 Å². The molecule has 0 unspecified atom stereocenters. The molecular weight excluding hydrogens is 418 g/mol. The van der Waals surface area contributed by atoms with E-state index in [2.05, 4.69) is 29.0 Å². The molecule has 0 bridgehead atoms. The van der Waals surface area contributed by atoms with Gasteiger partial charge in [-0.1, -0.05) is 82.6 Å². The van der Waals surface area contributed by atoms with Gasteiger partial charge in [-0.25, -0.2) is 0 Å². The number of aromatic nitrogens is 2. The highest BCUT2D eigenvalue weighted by Crippen LogP contribution is 2.13. The van der Waals surface area contributed by atoms with Crippen LogP contribution in [0.4, 0.5) is 0 Å². The van der Waals surface area contributed by atoms with Gasteiger partial charge in [0, 0.05) is 18.8 Å². The third-order valence-electron chi connectivity index (χ3n) is 6.16. The van der Waals surface area contributed by atoms with Gasteiger partial charge in [-0.05, 0) is 56.4 Å². The van der Waals surface area contributed by atoms with Crippen LogP contribution in [-0.4, -0.2) is 20.8 Å².